The number of pyridine rings is 1. The first-order chi connectivity index (χ1) is 18.6. The lowest BCUT2D eigenvalue weighted by molar-refractivity contribution is -0.118. The van der Waals surface area contributed by atoms with Crippen LogP contribution in [-0.2, 0) is 16.1 Å². The van der Waals surface area contributed by atoms with E-state index in [2.05, 4.69) is 35.6 Å². The lowest BCUT2D eigenvalue weighted by Crippen LogP contribution is -2.21. The number of oxazole rings is 1. The molecular weight excluding hydrogens is 488 g/mol. The van der Waals surface area contributed by atoms with E-state index >= 15 is 0 Å². The van der Waals surface area contributed by atoms with Crippen LogP contribution in [0.15, 0.2) is 77.7 Å². The summed E-state index contributed by atoms with van der Waals surface area (Å²) in [6.45, 7) is 2.12. The van der Waals surface area contributed by atoms with E-state index in [0.717, 1.165) is 11.4 Å². The maximum Gasteiger partial charge on any atom is 0.264 e. The van der Waals surface area contributed by atoms with Gasteiger partial charge in [0.1, 0.15) is 23.4 Å². The number of methoxy groups -OCH3 is 1. The van der Waals surface area contributed by atoms with Crippen LogP contribution in [0.2, 0.25) is 0 Å². The van der Waals surface area contributed by atoms with Gasteiger partial charge in [-0.2, -0.15) is 0 Å². The number of carbonyl (C=O) groups excluding carboxylic acids is 1. The summed E-state index contributed by atoms with van der Waals surface area (Å²) < 4.78 is 17.9. The molecular formula is C26H24N8O4. The molecule has 0 aliphatic carbocycles. The van der Waals surface area contributed by atoms with Crippen molar-refractivity contribution >= 4 is 11.9 Å². The monoisotopic (exact) mass is 512 g/mol. The molecule has 0 saturated carbocycles. The average Bonchev–Trinajstić information content (AvgIpc) is 3.65. The van der Waals surface area contributed by atoms with Crippen LogP contribution in [0.5, 0.6) is 5.75 Å². The number of ether oxygens (including phenoxy) is 2. The Labute approximate surface area is 217 Å². The van der Waals surface area contributed by atoms with Gasteiger partial charge in [-0.3, -0.25) is 15.1 Å². The molecule has 192 valence electrons. The number of rotatable bonds is 10. The summed E-state index contributed by atoms with van der Waals surface area (Å²) in [5, 5.41) is 11.1. The molecule has 0 aliphatic rings. The Morgan fingerprint density at radius 2 is 1.89 bits per heavy atom. The van der Waals surface area contributed by atoms with Crippen molar-refractivity contribution in [3.05, 3.63) is 84.6 Å². The summed E-state index contributed by atoms with van der Waals surface area (Å²) in [6, 6.07) is 16.4. The number of amides is 1. The molecule has 4 aromatic heterocycles. The number of nitrogens with one attached hydrogen (secondary N) is 1. The Kier molecular flexibility index (Phi) is 7.41. The highest BCUT2D eigenvalue weighted by molar-refractivity contribution is 5.90. The number of nitrogens with zero attached hydrogens (tertiary/aromatic N) is 7. The molecule has 0 spiro atoms. The second-order valence-electron chi connectivity index (χ2n) is 8.18. The van der Waals surface area contributed by atoms with E-state index in [9.17, 15) is 4.79 Å². The zero-order chi connectivity index (χ0) is 26.3. The second-order valence-corrected chi connectivity index (χ2v) is 8.18. The Morgan fingerprint density at radius 3 is 2.68 bits per heavy atom. The van der Waals surface area contributed by atoms with Crippen LogP contribution in [0.25, 0.3) is 23.0 Å². The summed E-state index contributed by atoms with van der Waals surface area (Å²) in [5.41, 5.74) is 2.90. The number of para-hydroxylation sites is 1. The number of hydrogen-bond donors (Lipinski definition) is 1. The van der Waals surface area contributed by atoms with Gasteiger partial charge in [-0.05, 0) is 37.3 Å². The number of hydrogen-bond acceptors (Lipinski definition) is 10. The number of aromatic nitrogens is 7. The van der Waals surface area contributed by atoms with Gasteiger partial charge in [0.05, 0.1) is 42.1 Å². The molecule has 0 saturated heterocycles. The lowest BCUT2D eigenvalue weighted by atomic mass is 10.2. The van der Waals surface area contributed by atoms with Crippen molar-refractivity contribution in [1.82, 2.24) is 34.9 Å². The fourth-order valence-electron chi connectivity index (χ4n) is 3.51. The first-order valence-electron chi connectivity index (χ1n) is 11.7. The standard InChI is InChI=1S/C26H24N8O4/c1-17(36-2)20-10-6-7-18(28-20)14-34-15-23(32-33-34)21-13-22(25-27-11-12-37-25)30-26(29-21)31-24(35)16-38-19-8-4-3-5-9-19/h3-13,15,17H,14,16H2,1-2H3,(H,29,30,31,35). The highest BCUT2D eigenvalue weighted by atomic mass is 16.5. The summed E-state index contributed by atoms with van der Waals surface area (Å²) >= 11 is 0. The van der Waals surface area contributed by atoms with Crippen molar-refractivity contribution in [3.63, 3.8) is 0 Å². The first-order valence-corrected chi connectivity index (χ1v) is 11.7. The maximum absolute atomic E-state index is 12.5. The summed E-state index contributed by atoms with van der Waals surface area (Å²) in [7, 11) is 1.64. The van der Waals surface area contributed by atoms with Crippen LogP contribution >= 0.6 is 0 Å². The minimum atomic E-state index is -0.427. The molecule has 38 heavy (non-hydrogen) atoms. The van der Waals surface area contributed by atoms with Crippen LogP contribution < -0.4 is 10.1 Å². The van der Waals surface area contributed by atoms with Gasteiger partial charge in [0.25, 0.3) is 5.91 Å². The minimum absolute atomic E-state index is 0.0508. The molecule has 0 fully saturated rings. The minimum Gasteiger partial charge on any atom is -0.484 e. The van der Waals surface area contributed by atoms with E-state index in [1.54, 1.807) is 36.2 Å². The van der Waals surface area contributed by atoms with Crippen LogP contribution in [-0.4, -0.2) is 54.6 Å². The zero-order valence-electron chi connectivity index (χ0n) is 20.7. The molecule has 1 amide bonds. The molecule has 1 aromatic carbocycles. The van der Waals surface area contributed by atoms with E-state index < -0.39 is 5.91 Å². The van der Waals surface area contributed by atoms with Crippen LogP contribution in [0.1, 0.15) is 24.4 Å². The molecule has 1 unspecified atom stereocenters. The number of anilines is 1. The van der Waals surface area contributed by atoms with E-state index in [4.69, 9.17) is 13.9 Å². The van der Waals surface area contributed by atoms with E-state index in [-0.39, 0.29) is 24.5 Å². The van der Waals surface area contributed by atoms with Gasteiger partial charge in [-0.1, -0.05) is 29.5 Å². The maximum atomic E-state index is 12.5. The highest BCUT2D eigenvalue weighted by Crippen LogP contribution is 2.23. The van der Waals surface area contributed by atoms with E-state index in [1.807, 2.05) is 43.3 Å². The van der Waals surface area contributed by atoms with Crippen molar-refractivity contribution in [3.8, 4) is 28.7 Å². The molecule has 0 bridgehead atoms. The molecule has 5 aromatic rings. The summed E-state index contributed by atoms with van der Waals surface area (Å²) in [4.78, 5) is 30.2. The predicted octanol–water partition coefficient (Wildman–Crippen LogP) is 3.56. The molecule has 12 heteroatoms. The molecule has 0 aliphatic heterocycles. The van der Waals surface area contributed by atoms with Gasteiger partial charge in [0.2, 0.25) is 11.8 Å². The number of carbonyl (C=O) groups is 1. The van der Waals surface area contributed by atoms with Gasteiger partial charge in [0.15, 0.2) is 6.61 Å². The van der Waals surface area contributed by atoms with Gasteiger partial charge in [-0.25, -0.2) is 19.6 Å². The molecule has 1 atom stereocenters. The highest BCUT2D eigenvalue weighted by Gasteiger charge is 2.16. The lowest BCUT2D eigenvalue weighted by Gasteiger charge is -2.10. The Balaban J connectivity index is 1.36. The Morgan fingerprint density at radius 1 is 1.05 bits per heavy atom. The smallest absolute Gasteiger partial charge is 0.264 e. The predicted molar refractivity (Wildman–Crippen MR) is 136 cm³/mol. The third-order valence-corrected chi connectivity index (χ3v) is 5.47. The fraction of sp³-hybridized carbons (Fsp3) is 0.192. The second kappa shape index (κ2) is 11.4. The summed E-state index contributed by atoms with van der Waals surface area (Å²) in [5.74, 6) is 0.468. The first kappa shape index (κ1) is 24.7. The van der Waals surface area contributed by atoms with Crippen LogP contribution in [0.3, 0.4) is 0 Å². The Bertz CT molecular complexity index is 1500. The van der Waals surface area contributed by atoms with Crippen molar-refractivity contribution in [2.75, 3.05) is 19.0 Å². The van der Waals surface area contributed by atoms with Crippen molar-refractivity contribution < 1.29 is 18.7 Å². The van der Waals surface area contributed by atoms with Crippen molar-refractivity contribution in [1.29, 1.82) is 0 Å². The van der Waals surface area contributed by atoms with Gasteiger partial charge < -0.3 is 13.9 Å². The molecule has 4 heterocycles. The SMILES string of the molecule is COC(C)c1cccc(Cn2cc(-c3cc(-c4ncco4)nc(NC(=O)COc4ccccc4)n3)nn2)n1. The number of benzene rings is 1. The Hall–Kier alpha value is -4.97. The van der Waals surface area contributed by atoms with Crippen molar-refractivity contribution in [2.45, 2.75) is 19.6 Å². The molecule has 5 rings (SSSR count). The van der Waals surface area contributed by atoms with Gasteiger partial charge in [-0.15, -0.1) is 5.10 Å². The molecule has 12 nitrogen and oxygen atoms in total. The third-order valence-electron chi connectivity index (χ3n) is 5.47. The third kappa shape index (κ3) is 6.05. The topological polar surface area (TPSA) is 143 Å². The van der Waals surface area contributed by atoms with Crippen LogP contribution in [0.4, 0.5) is 5.95 Å². The average molecular weight is 513 g/mol. The normalized spacial score (nSPS) is 11.7. The molecule has 0 radical (unpaired) electrons. The van der Waals surface area contributed by atoms with Crippen LogP contribution in [0, 0.1) is 0 Å². The molecule has 1 N–H and O–H groups in total. The summed E-state index contributed by atoms with van der Waals surface area (Å²) in [6.07, 6.45) is 4.55. The van der Waals surface area contributed by atoms with Gasteiger partial charge in [0, 0.05) is 7.11 Å². The van der Waals surface area contributed by atoms with E-state index in [0.29, 0.717) is 29.4 Å². The fourth-order valence-corrected chi connectivity index (χ4v) is 3.51. The van der Waals surface area contributed by atoms with E-state index in [1.165, 1.54) is 12.5 Å². The quantitative estimate of drug-likeness (QED) is 0.295. The zero-order valence-corrected chi connectivity index (χ0v) is 20.7. The largest absolute Gasteiger partial charge is 0.484 e. The van der Waals surface area contributed by atoms with Gasteiger partial charge >= 0.3 is 0 Å². The van der Waals surface area contributed by atoms with Crippen molar-refractivity contribution in [2.24, 2.45) is 0 Å².